The van der Waals surface area contributed by atoms with Gasteiger partial charge in [-0.1, -0.05) is 0 Å². The largest absolute Gasteiger partial charge is 0.402 e. The monoisotopic (exact) mass is 309 g/mol. The van der Waals surface area contributed by atoms with Crippen LogP contribution in [0.4, 0.5) is 19.0 Å². The molecule has 0 unspecified atom stereocenters. The summed E-state index contributed by atoms with van der Waals surface area (Å²) < 4.78 is 62.6. The van der Waals surface area contributed by atoms with Gasteiger partial charge in [-0.25, -0.2) is 13.4 Å². The van der Waals surface area contributed by atoms with Crippen molar-refractivity contribution in [3.8, 4) is 0 Å². The van der Waals surface area contributed by atoms with Gasteiger partial charge in [0.15, 0.2) is 0 Å². The number of sulfonamides is 1. The van der Waals surface area contributed by atoms with Gasteiger partial charge < -0.3 is 5.32 Å². The summed E-state index contributed by atoms with van der Waals surface area (Å²) in [6, 6.07) is 2.09. The van der Waals surface area contributed by atoms with Crippen molar-refractivity contribution in [3.05, 3.63) is 18.3 Å². The Morgan fingerprint density at radius 3 is 2.45 bits per heavy atom. The van der Waals surface area contributed by atoms with Crippen LogP contribution in [0.2, 0.25) is 0 Å². The molecule has 1 aliphatic carbocycles. The number of alkyl halides is 3. The van der Waals surface area contributed by atoms with Crippen LogP contribution in [-0.4, -0.2) is 43.5 Å². The molecule has 1 aromatic rings. The predicted octanol–water partition coefficient (Wildman–Crippen LogP) is 1.84. The van der Waals surface area contributed by atoms with E-state index in [4.69, 9.17) is 0 Å². The van der Waals surface area contributed by atoms with Crippen LogP contribution in [0, 0.1) is 0 Å². The molecule has 5 nitrogen and oxygen atoms in total. The van der Waals surface area contributed by atoms with Gasteiger partial charge in [0.05, 0.1) is 0 Å². The zero-order chi connectivity index (χ0) is 15.0. The van der Waals surface area contributed by atoms with Crippen molar-refractivity contribution >= 4 is 15.8 Å². The highest BCUT2D eigenvalue weighted by atomic mass is 32.2. The maximum absolute atomic E-state index is 12.5. The van der Waals surface area contributed by atoms with Gasteiger partial charge in [0.1, 0.15) is 17.3 Å². The third-order valence-electron chi connectivity index (χ3n) is 2.89. The van der Waals surface area contributed by atoms with E-state index < -0.39 is 28.8 Å². The number of rotatable bonds is 5. The van der Waals surface area contributed by atoms with E-state index in [0.717, 1.165) is 6.20 Å². The Kier molecular flexibility index (Phi) is 3.92. The second-order valence-electron chi connectivity index (χ2n) is 4.53. The van der Waals surface area contributed by atoms with Crippen molar-refractivity contribution in [3.63, 3.8) is 0 Å². The topological polar surface area (TPSA) is 62.3 Å². The second-order valence-corrected chi connectivity index (χ2v) is 6.42. The summed E-state index contributed by atoms with van der Waals surface area (Å²) >= 11 is 0. The Hall–Kier alpha value is -1.35. The summed E-state index contributed by atoms with van der Waals surface area (Å²) in [5.74, 6) is 0.442. The van der Waals surface area contributed by atoms with Crippen molar-refractivity contribution in [2.75, 3.05) is 18.9 Å². The minimum Gasteiger partial charge on any atom is -0.373 e. The van der Waals surface area contributed by atoms with Gasteiger partial charge in [0.25, 0.3) is 0 Å². The number of hydrogen-bond acceptors (Lipinski definition) is 4. The molecule has 0 bridgehead atoms. The van der Waals surface area contributed by atoms with Gasteiger partial charge in [-0.2, -0.15) is 17.5 Å². The lowest BCUT2D eigenvalue weighted by molar-refractivity contribution is -0.137. The molecule has 2 rings (SSSR count). The number of pyridine rings is 1. The van der Waals surface area contributed by atoms with E-state index in [1.165, 1.54) is 12.1 Å². The standard InChI is InChI=1S/C11H14F3N3O2S/c1-15-10-5-4-9(6-16-10)20(18,19)17(8-2-3-8)7-11(12,13)14/h4-6,8H,2-3,7H2,1H3,(H,15,16). The zero-order valence-corrected chi connectivity index (χ0v) is 11.5. The Bertz CT molecular complexity index is 568. The molecule has 1 fully saturated rings. The van der Waals surface area contributed by atoms with E-state index >= 15 is 0 Å². The lowest BCUT2D eigenvalue weighted by atomic mass is 10.5. The molecular formula is C11H14F3N3O2S. The fourth-order valence-corrected chi connectivity index (χ4v) is 3.38. The van der Waals surface area contributed by atoms with Crippen LogP contribution in [0.1, 0.15) is 12.8 Å². The summed E-state index contributed by atoms with van der Waals surface area (Å²) in [6.07, 6.45) is -2.59. The Labute approximate surface area is 114 Å². The third kappa shape index (κ3) is 3.40. The van der Waals surface area contributed by atoms with Crippen LogP contribution in [0.3, 0.4) is 0 Å². The first kappa shape index (κ1) is 15.0. The van der Waals surface area contributed by atoms with E-state index in [9.17, 15) is 21.6 Å². The first-order valence-corrected chi connectivity index (χ1v) is 7.40. The molecule has 112 valence electrons. The van der Waals surface area contributed by atoms with E-state index in [1.54, 1.807) is 7.05 Å². The van der Waals surface area contributed by atoms with Crippen molar-refractivity contribution < 1.29 is 21.6 Å². The quantitative estimate of drug-likeness (QED) is 0.901. The molecule has 0 amide bonds. The van der Waals surface area contributed by atoms with Crippen molar-refractivity contribution in [1.29, 1.82) is 0 Å². The molecule has 0 aromatic carbocycles. The van der Waals surface area contributed by atoms with Crippen molar-refractivity contribution in [1.82, 2.24) is 9.29 Å². The molecule has 1 aromatic heterocycles. The van der Waals surface area contributed by atoms with Crippen LogP contribution < -0.4 is 5.32 Å². The average Bonchev–Trinajstić information content (AvgIpc) is 3.19. The maximum atomic E-state index is 12.5. The second kappa shape index (κ2) is 5.21. The van der Waals surface area contributed by atoms with Crippen LogP contribution in [0.5, 0.6) is 0 Å². The highest BCUT2D eigenvalue weighted by molar-refractivity contribution is 7.89. The highest BCUT2D eigenvalue weighted by Crippen LogP contribution is 2.34. The van der Waals surface area contributed by atoms with E-state index in [2.05, 4.69) is 10.3 Å². The average molecular weight is 309 g/mol. The van der Waals surface area contributed by atoms with Crippen LogP contribution >= 0.6 is 0 Å². The number of halogens is 3. The molecule has 0 aliphatic heterocycles. The fourth-order valence-electron chi connectivity index (χ4n) is 1.77. The predicted molar refractivity (Wildman–Crippen MR) is 66.8 cm³/mol. The molecular weight excluding hydrogens is 295 g/mol. The van der Waals surface area contributed by atoms with Crippen molar-refractivity contribution in [2.24, 2.45) is 0 Å². The summed E-state index contributed by atoms with van der Waals surface area (Å²) in [4.78, 5) is 3.59. The molecule has 9 heteroatoms. The number of nitrogens with one attached hydrogen (secondary N) is 1. The number of hydrogen-bond donors (Lipinski definition) is 1. The Balaban J connectivity index is 2.29. The van der Waals surface area contributed by atoms with Crippen molar-refractivity contribution in [2.45, 2.75) is 30.0 Å². The molecule has 20 heavy (non-hydrogen) atoms. The number of anilines is 1. The summed E-state index contributed by atoms with van der Waals surface area (Å²) in [5.41, 5.74) is 0. The Morgan fingerprint density at radius 1 is 1.40 bits per heavy atom. The lowest BCUT2D eigenvalue weighted by Crippen LogP contribution is -2.40. The van der Waals surface area contributed by atoms with Crippen LogP contribution in [-0.2, 0) is 10.0 Å². The molecule has 1 N–H and O–H groups in total. The molecule has 0 atom stereocenters. The van der Waals surface area contributed by atoms with Crippen LogP contribution in [0.25, 0.3) is 0 Å². The van der Waals surface area contributed by atoms with Gasteiger partial charge in [0, 0.05) is 19.3 Å². The molecule has 0 radical (unpaired) electrons. The number of nitrogens with zero attached hydrogens (tertiary/aromatic N) is 2. The van der Waals surface area contributed by atoms with Gasteiger partial charge in [-0.3, -0.25) is 0 Å². The Morgan fingerprint density at radius 2 is 2.05 bits per heavy atom. The van der Waals surface area contributed by atoms with Gasteiger partial charge in [0.2, 0.25) is 10.0 Å². The maximum Gasteiger partial charge on any atom is 0.402 e. The van der Waals surface area contributed by atoms with Gasteiger partial charge >= 0.3 is 6.18 Å². The first-order valence-electron chi connectivity index (χ1n) is 5.96. The highest BCUT2D eigenvalue weighted by Gasteiger charge is 2.44. The zero-order valence-electron chi connectivity index (χ0n) is 10.7. The number of aromatic nitrogens is 1. The molecule has 1 aliphatic rings. The molecule has 1 saturated carbocycles. The van der Waals surface area contributed by atoms with E-state index in [-0.39, 0.29) is 4.90 Å². The molecule has 0 saturated heterocycles. The summed E-state index contributed by atoms with van der Waals surface area (Å²) in [5, 5.41) is 2.71. The molecule has 0 spiro atoms. The summed E-state index contributed by atoms with van der Waals surface area (Å²) in [6.45, 7) is -1.46. The van der Waals surface area contributed by atoms with Gasteiger partial charge in [-0.05, 0) is 25.0 Å². The SMILES string of the molecule is CNc1ccc(S(=O)(=O)N(CC(F)(F)F)C2CC2)cn1. The normalized spacial score (nSPS) is 16.4. The smallest absolute Gasteiger partial charge is 0.373 e. The van der Waals surface area contributed by atoms with Crippen LogP contribution in [0.15, 0.2) is 23.2 Å². The van der Waals surface area contributed by atoms with E-state index in [1.807, 2.05) is 0 Å². The van der Waals surface area contributed by atoms with E-state index in [0.29, 0.717) is 23.0 Å². The lowest BCUT2D eigenvalue weighted by Gasteiger charge is -2.23. The minimum absolute atomic E-state index is 0.229. The fraction of sp³-hybridized carbons (Fsp3) is 0.545. The van der Waals surface area contributed by atoms with Gasteiger partial charge in [-0.15, -0.1) is 0 Å². The summed E-state index contributed by atoms with van der Waals surface area (Å²) in [7, 11) is -2.57. The molecule has 1 heterocycles. The third-order valence-corrected chi connectivity index (χ3v) is 4.77. The first-order chi connectivity index (χ1) is 9.24. The minimum atomic E-state index is -4.56.